The number of carbonyl (C=O) groups excluding carboxylic acids is 2. The third-order valence-corrected chi connectivity index (χ3v) is 7.69. The van der Waals surface area contributed by atoms with Gasteiger partial charge in [0.2, 0.25) is 0 Å². The van der Waals surface area contributed by atoms with Crippen LogP contribution in [0.4, 0.5) is 4.79 Å². The van der Waals surface area contributed by atoms with Gasteiger partial charge in [-0.1, -0.05) is 53.0 Å². The maximum atomic E-state index is 13.0. The molecule has 1 saturated heterocycles. The molecular formula is C27H21BrCl3NO5S. The SMILES string of the molecule is CCOc1cc(/C=C2\SC(=O)N(CCOc3ccccc3Cl)C2=O)cc(Br)c1OCc1ccc(Cl)cc1Cl. The van der Waals surface area contributed by atoms with Crippen molar-refractivity contribution in [2.75, 3.05) is 19.8 Å². The highest BCUT2D eigenvalue weighted by Crippen LogP contribution is 2.40. The zero-order chi connectivity index (χ0) is 27.2. The topological polar surface area (TPSA) is 65.1 Å². The van der Waals surface area contributed by atoms with Crippen molar-refractivity contribution >= 4 is 79.7 Å². The van der Waals surface area contributed by atoms with E-state index in [1.54, 1.807) is 60.7 Å². The Kier molecular flexibility index (Phi) is 9.90. The number of rotatable bonds is 10. The fraction of sp³-hybridized carbons (Fsp3) is 0.185. The molecule has 38 heavy (non-hydrogen) atoms. The summed E-state index contributed by atoms with van der Waals surface area (Å²) < 4.78 is 18.1. The minimum atomic E-state index is -0.394. The third-order valence-electron chi connectivity index (χ3n) is 5.30. The number of carbonyl (C=O) groups is 2. The monoisotopic (exact) mass is 655 g/mol. The van der Waals surface area contributed by atoms with Crippen molar-refractivity contribution in [1.82, 2.24) is 4.90 Å². The molecule has 0 aromatic heterocycles. The van der Waals surface area contributed by atoms with Crippen LogP contribution in [0.3, 0.4) is 0 Å². The van der Waals surface area contributed by atoms with E-state index in [1.807, 2.05) is 6.92 Å². The van der Waals surface area contributed by atoms with Crippen LogP contribution in [0.2, 0.25) is 15.1 Å². The molecular weight excluding hydrogens is 637 g/mol. The third kappa shape index (κ3) is 6.98. The Morgan fingerprint density at radius 2 is 1.74 bits per heavy atom. The second kappa shape index (κ2) is 13.1. The zero-order valence-electron chi connectivity index (χ0n) is 20.0. The van der Waals surface area contributed by atoms with Crippen LogP contribution in [-0.2, 0) is 11.4 Å². The van der Waals surface area contributed by atoms with E-state index in [2.05, 4.69) is 15.9 Å². The average Bonchev–Trinajstić information content (AvgIpc) is 3.13. The largest absolute Gasteiger partial charge is 0.490 e. The van der Waals surface area contributed by atoms with Crippen molar-refractivity contribution < 1.29 is 23.8 Å². The molecule has 1 fully saturated rings. The molecule has 0 atom stereocenters. The van der Waals surface area contributed by atoms with E-state index < -0.39 is 5.91 Å². The van der Waals surface area contributed by atoms with Gasteiger partial charge < -0.3 is 14.2 Å². The van der Waals surface area contributed by atoms with Crippen LogP contribution in [0.5, 0.6) is 17.2 Å². The van der Waals surface area contributed by atoms with Crippen LogP contribution in [0.25, 0.3) is 6.08 Å². The molecule has 1 aliphatic rings. The van der Waals surface area contributed by atoms with Crippen molar-refractivity contribution in [2.45, 2.75) is 13.5 Å². The second-order valence-electron chi connectivity index (χ2n) is 7.90. The minimum Gasteiger partial charge on any atom is -0.490 e. The van der Waals surface area contributed by atoms with Gasteiger partial charge in [0.1, 0.15) is 19.0 Å². The van der Waals surface area contributed by atoms with Crippen molar-refractivity contribution in [2.24, 2.45) is 0 Å². The van der Waals surface area contributed by atoms with Crippen molar-refractivity contribution in [3.8, 4) is 17.2 Å². The van der Waals surface area contributed by atoms with Gasteiger partial charge in [-0.25, -0.2) is 0 Å². The molecule has 3 aromatic rings. The van der Waals surface area contributed by atoms with Gasteiger partial charge >= 0.3 is 0 Å². The van der Waals surface area contributed by atoms with E-state index in [4.69, 9.17) is 49.0 Å². The number of hydrogen-bond donors (Lipinski definition) is 0. The Labute approximate surface area is 247 Å². The maximum absolute atomic E-state index is 13.0. The fourth-order valence-corrected chi connectivity index (χ4v) is 5.61. The van der Waals surface area contributed by atoms with Crippen LogP contribution in [0.1, 0.15) is 18.1 Å². The van der Waals surface area contributed by atoms with Gasteiger partial charge in [0.15, 0.2) is 11.5 Å². The summed E-state index contributed by atoms with van der Waals surface area (Å²) in [7, 11) is 0. The van der Waals surface area contributed by atoms with Gasteiger partial charge in [0.25, 0.3) is 11.1 Å². The standard InChI is InChI=1S/C27H21BrCl3NO5S/c1-2-35-23-12-16(11-19(28)25(23)37-15-17-7-8-18(29)14-21(17)31)13-24-26(33)32(27(34)38-24)9-10-36-22-6-4-3-5-20(22)30/h3-8,11-14H,2,9-10,15H2,1H3/b24-13-. The molecule has 1 aliphatic heterocycles. The number of amides is 2. The predicted octanol–water partition coefficient (Wildman–Crippen LogP) is 8.50. The number of ether oxygens (including phenoxy) is 3. The maximum Gasteiger partial charge on any atom is 0.293 e. The van der Waals surface area contributed by atoms with Crippen molar-refractivity contribution in [1.29, 1.82) is 0 Å². The number of para-hydroxylation sites is 1. The van der Waals surface area contributed by atoms with Gasteiger partial charge in [-0.3, -0.25) is 14.5 Å². The Morgan fingerprint density at radius 3 is 2.47 bits per heavy atom. The minimum absolute atomic E-state index is 0.0984. The number of thioether (sulfide) groups is 1. The highest BCUT2D eigenvalue weighted by Gasteiger charge is 2.35. The number of benzene rings is 3. The first-order chi connectivity index (χ1) is 18.3. The lowest BCUT2D eigenvalue weighted by atomic mass is 10.1. The number of halogens is 4. The molecule has 6 nitrogen and oxygen atoms in total. The first kappa shape index (κ1) is 28.6. The molecule has 0 aliphatic carbocycles. The Hall–Kier alpha value is -2.36. The zero-order valence-corrected chi connectivity index (χ0v) is 24.7. The van der Waals surface area contributed by atoms with Crippen LogP contribution in [-0.4, -0.2) is 35.8 Å². The molecule has 0 bridgehead atoms. The smallest absolute Gasteiger partial charge is 0.293 e. The summed E-state index contributed by atoms with van der Waals surface area (Å²) in [6.07, 6.45) is 1.65. The summed E-state index contributed by atoms with van der Waals surface area (Å²) in [6.45, 7) is 2.68. The molecule has 0 spiro atoms. The molecule has 3 aromatic carbocycles. The summed E-state index contributed by atoms with van der Waals surface area (Å²) in [5.74, 6) is 1.06. The molecule has 0 N–H and O–H groups in total. The van der Waals surface area contributed by atoms with E-state index in [1.165, 1.54) is 0 Å². The van der Waals surface area contributed by atoms with Gasteiger partial charge in [0, 0.05) is 15.6 Å². The lowest BCUT2D eigenvalue weighted by molar-refractivity contribution is -0.123. The molecule has 11 heteroatoms. The highest BCUT2D eigenvalue weighted by molar-refractivity contribution is 9.10. The summed E-state index contributed by atoms with van der Waals surface area (Å²) in [5, 5.41) is 1.13. The molecule has 2 amide bonds. The molecule has 198 valence electrons. The molecule has 0 unspecified atom stereocenters. The number of imide groups is 1. The second-order valence-corrected chi connectivity index (χ2v) is 11.0. The summed E-state index contributed by atoms with van der Waals surface area (Å²) in [6, 6.07) is 15.7. The van der Waals surface area contributed by atoms with E-state index >= 15 is 0 Å². The fourth-order valence-electron chi connectivity index (χ4n) is 3.52. The molecule has 0 radical (unpaired) electrons. The summed E-state index contributed by atoms with van der Waals surface area (Å²) in [4.78, 5) is 26.9. The number of nitrogens with zero attached hydrogens (tertiary/aromatic N) is 1. The van der Waals surface area contributed by atoms with Gasteiger partial charge in [-0.2, -0.15) is 0 Å². The van der Waals surface area contributed by atoms with Gasteiger partial charge in [0.05, 0.1) is 27.6 Å². The van der Waals surface area contributed by atoms with Crippen LogP contribution >= 0.6 is 62.5 Å². The molecule has 1 heterocycles. The molecule has 0 saturated carbocycles. The van der Waals surface area contributed by atoms with Gasteiger partial charge in [-0.15, -0.1) is 0 Å². The Morgan fingerprint density at radius 1 is 0.947 bits per heavy atom. The quantitative estimate of drug-likeness (QED) is 0.204. The lowest BCUT2D eigenvalue weighted by Crippen LogP contribution is -2.32. The lowest BCUT2D eigenvalue weighted by Gasteiger charge is -2.15. The van der Waals surface area contributed by atoms with E-state index in [0.29, 0.717) is 53.9 Å². The van der Waals surface area contributed by atoms with E-state index in [0.717, 1.165) is 22.2 Å². The first-order valence-electron chi connectivity index (χ1n) is 11.4. The van der Waals surface area contributed by atoms with E-state index in [-0.39, 0.29) is 25.0 Å². The average molecular weight is 658 g/mol. The summed E-state index contributed by atoms with van der Waals surface area (Å²) in [5.41, 5.74) is 1.43. The summed E-state index contributed by atoms with van der Waals surface area (Å²) >= 11 is 22.7. The normalized spacial score (nSPS) is 14.3. The van der Waals surface area contributed by atoms with Gasteiger partial charge in [-0.05, 0) is 82.7 Å². The predicted molar refractivity (Wildman–Crippen MR) is 156 cm³/mol. The van der Waals surface area contributed by atoms with Crippen LogP contribution < -0.4 is 14.2 Å². The van der Waals surface area contributed by atoms with Crippen LogP contribution in [0, 0.1) is 0 Å². The van der Waals surface area contributed by atoms with Crippen LogP contribution in [0.15, 0.2) is 64.0 Å². The molecule has 4 rings (SSSR count). The highest BCUT2D eigenvalue weighted by atomic mass is 79.9. The van der Waals surface area contributed by atoms with E-state index in [9.17, 15) is 9.59 Å². The first-order valence-corrected chi connectivity index (χ1v) is 14.2. The Balaban J connectivity index is 1.47. The number of hydrogen-bond acceptors (Lipinski definition) is 6. The Bertz CT molecular complexity index is 1400. The van der Waals surface area contributed by atoms with Crippen molar-refractivity contribution in [3.05, 3.63) is 90.2 Å². The van der Waals surface area contributed by atoms with Crippen molar-refractivity contribution in [3.63, 3.8) is 0 Å².